The monoisotopic (exact) mass is 413 g/mol. The summed E-state index contributed by atoms with van der Waals surface area (Å²) in [5.74, 6) is 1.74. The van der Waals surface area contributed by atoms with Gasteiger partial charge in [-0.25, -0.2) is 19.2 Å². The molecule has 1 aliphatic heterocycles. The van der Waals surface area contributed by atoms with Gasteiger partial charge in [-0.05, 0) is 25.0 Å². The molecule has 7 heteroatoms. The molecular formula is C23H32FN5O. The van der Waals surface area contributed by atoms with Crippen molar-refractivity contribution in [1.29, 1.82) is 0 Å². The zero-order chi connectivity index (χ0) is 21.8. The van der Waals surface area contributed by atoms with Crippen molar-refractivity contribution >= 4 is 11.8 Å². The third-order valence-electron chi connectivity index (χ3n) is 5.82. The smallest absolute Gasteiger partial charge is 0.319 e. The number of benzene rings is 1. The number of rotatable bonds is 5. The molecule has 2 aromatic rings. The fraction of sp³-hybridized carbons (Fsp3) is 0.522. The van der Waals surface area contributed by atoms with Gasteiger partial charge in [-0.2, -0.15) is 0 Å². The third-order valence-corrected chi connectivity index (χ3v) is 5.82. The van der Waals surface area contributed by atoms with Crippen molar-refractivity contribution in [2.24, 2.45) is 0 Å². The lowest BCUT2D eigenvalue weighted by Gasteiger charge is -2.37. The van der Waals surface area contributed by atoms with Gasteiger partial charge in [0.15, 0.2) is 0 Å². The number of hydrogen-bond donors (Lipinski definition) is 0. The van der Waals surface area contributed by atoms with Gasteiger partial charge in [-0.15, -0.1) is 0 Å². The summed E-state index contributed by atoms with van der Waals surface area (Å²) >= 11 is 0. The maximum atomic E-state index is 14.4. The van der Waals surface area contributed by atoms with Crippen LogP contribution in [0.2, 0.25) is 0 Å². The number of nitrogens with zero attached hydrogens (tertiary/aromatic N) is 5. The van der Waals surface area contributed by atoms with Crippen LogP contribution in [0.15, 0.2) is 24.3 Å². The van der Waals surface area contributed by atoms with Crippen LogP contribution in [0.4, 0.5) is 15.0 Å². The minimum Gasteiger partial charge on any atom is -0.353 e. The number of piperazine rings is 1. The van der Waals surface area contributed by atoms with Gasteiger partial charge in [0.25, 0.3) is 0 Å². The van der Waals surface area contributed by atoms with Crippen molar-refractivity contribution in [3.05, 3.63) is 52.7 Å². The fourth-order valence-corrected chi connectivity index (χ4v) is 3.70. The molecule has 0 spiro atoms. The maximum Gasteiger partial charge on any atom is 0.319 e. The van der Waals surface area contributed by atoms with Crippen LogP contribution in [0, 0.1) is 12.7 Å². The Hall–Kier alpha value is -2.70. The largest absolute Gasteiger partial charge is 0.353 e. The summed E-state index contributed by atoms with van der Waals surface area (Å²) in [6.07, 6.45) is 1.40. The van der Waals surface area contributed by atoms with Crippen molar-refractivity contribution in [2.75, 3.05) is 45.2 Å². The Kier molecular flexibility index (Phi) is 6.90. The normalized spacial score (nSPS) is 15.3. The van der Waals surface area contributed by atoms with E-state index in [1.54, 1.807) is 25.1 Å². The van der Waals surface area contributed by atoms with E-state index in [0.717, 1.165) is 29.3 Å². The Morgan fingerprint density at radius 3 is 2.43 bits per heavy atom. The minimum atomic E-state index is -0.213. The zero-order valence-electron chi connectivity index (χ0n) is 18.7. The van der Waals surface area contributed by atoms with Gasteiger partial charge in [0.05, 0.1) is 0 Å². The summed E-state index contributed by atoms with van der Waals surface area (Å²) in [4.78, 5) is 27.7. The van der Waals surface area contributed by atoms with E-state index in [-0.39, 0.29) is 17.8 Å². The molecule has 3 rings (SSSR count). The number of halogens is 1. The van der Waals surface area contributed by atoms with E-state index in [1.165, 1.54) is 6.07 Å². The summed E-state index contributed by atoms with van der Waals surface area (Å²) in [5.41, 5.74) is 2.49. The van der Waals surface area contributed by atoms with Crippen molar-refractivity contribution in [3.63, 3.8) is 0 Å². The van der Waals surface area contributed by atoms with Gasteiger partial charge < -0.3 is 14.7 Å². The van der Waals surface area contributed by atoms with Crippen molar-refractivity contribution in [2.45, 2.75) is 39.5 Å². The van der Waals surface area contributed by atoms with E-state index < -0.39 is 0 Å². The predicted octanol–water partition coefficient (Wildman–Crippen LogP) is 3.83. The summed E-state index contributed by atoms with van der Waals surface area (Å²) in [5, 5.41) is 0. The van der Waals surface area contributed by atoms with Crippen molar-refractivity contribution in [1.82, 2.24) is 19.8 Å². The number of carbonyl (C=O) groups excluding carboxylic acids is 1. The standard InChI is InChI=1S/C23H32FN5O/c1-6-16(2)21-25-17(3)19(15-18-9-7-8-10-20(18)24)22(26-21)28-11-13-29(14-12-28)23(30)27(4)5/h7-10,16H,6,11-15H2,1-5H3/t16-/m1/s1. The minimum absolute atomic E-state index is 0.0281. The molecule has 1 aliphatic rings. The first-order valence-electron chi connectivity index (χ1n) is 10.6. The van der Waals surface area contributed by atoms with Crippen LogP contribution in [0.5, 0.6) is 0 Å². The van der Waals surface area contributed by atoms with Crippen LogP contribution in [0.25, 0.3) is 0 Å². The Balaban J connectivity index is 1.94. The molecule has 0 N–H and O–H groups in total. The van der Waals surface area contributed by atoms with Crippen LogP contribution in [0.1, 0.15) is 48.8 Å². The Morgan fingerprint density at radius 1 is 1.17 bits per heavy atom. The molecule has 2 heterocycles. The average molecular weight is 414 g/mol. The molecule has 0 saturated carbocycles. The number of aromatic nitrogens is 2. The average Bonchev–Trinajstić information content (AvgIpc) is 2.75. The Labute approximate surface area is 178 Å². The number of urea groups is 1. The van der Waals surface area contributed by atoms with Gasteiger partial charge in [0, 0.05) is 63.9 Å². The van der Waals surface area contributed by atoms with Gasteiger partial charge in [-0.3, -0.25) is 0 Å². The van der Waals surface area contributed by atoms with Crippen molar-refractivity contribution < 1.29 is 9.18 Å². The second-order valence-corrected chi connectivity index (χ2v) is 8.20. The molecule has 1 aromatic carbocycles. The molecule has 1 atom stereocenters. The van der Waals surface area contributed by atoms with E-state index in [9.17, 15) is 9.18 Å². The first-order chi connectivity index (χ1) is 14.3. The van der Waals surface area contributed by atoms with E-state index >= 15 is 0 Å². The van der Waals surface area contributed by atoms with E-state index in [4.69, 9.17) is 9.97 Å². The lowest BCUT2D eigenvalue weighted by molar-refractivity contribution is 0.168. The van der Waals surface area contributed by atoms with Crippen molar-refractivity contribution in [3.8, 4) is 0 Å². The third kappa shape index (κ3) is 4.71. The van der Waals surface area contributed by atoms with Crippen LogP contribution in [-0.2, 0) is 6.42 Å². The SMILES string of the molecule is CC[C@@H](C)c1nc(C)c(Cc2ccccc2F)c(N2CCN(C(=O)N(C)C)CC2)n1. The molecular weight excluding hydrogens is 381 g/mol. The van der Waals surface area contributed by atoms with Crippen LogP contribution in [0.3, 0.4) is 0 Å². The number of amides is 2. The fourth-order valence-electron chi connectivity index (χ4n) is 3.70. The number of hydrogen-bond acceptors (Lipinski definition) is 4. The topological polar surface area (TPSA) is 52.6 Å². The molecule has 162 valence electrons. The predicted molar refractivity (Wildman–Crippen MR) is 118 cm³/mol. The van der Waals surface area contributed by atoms with E-state index in [1.807, 2.05) is 24.0 Å². The highest BCUT2D eigenvalue weighted by atomic mass is 19.1. The highest BCUT2D eigenvalue weighted by molar-refractivity contribution is 5.74. The first kappa shape index (κ1) is 22.0. The highest BCUT2D eigenvalue weighted by Crippen LogP contribution is 2.28. The van der Waals surface area contributed by atoms with Crippen LogP contribution < -0.4 is 4.90 Å². The number of aryl methyl sites for hydroxylation is 1. The second-order valence-electron chi connectivity index (χ2n) is 8.20. The number of carbonyl (C=O) groups is 1. The molecule has 0 unspecified atom stereocenters. The van der Waals surface area contributed by atoms with E-state index in [2.05, 4.69) is 18.7 Å². The first-order valence-corrected chi connectivity index (χ1v) is 10.6. The second kappa shape index (κ2) is 9.41. The molecule has 30 heavy (non-hydrogen) atoms. The molecule has 1 saturated heterocycles. The molecule has 1 aromatic heterocycles. The van der Waals surface area contributed by atoms with Gasteiger partial charge >= 0.3 is 6.03 Å². The van der Waals surface area contributed by atoms with Crippen LogP contribution >= 0.6 is 0 Å². The van der Waals surface area contributed by atoms with E-state index in [0.29, 0.717) is 38.2 Å². The summed E-state index contributed by atoms with van der Waals surface area (Å²) in [7, 11) is 3.54. The molecule has 6 nitrogen and oxygen atoms in total. The quantitative estimate of drug-likeness (QED) is 0.748. The van der Waals surface area contributed by atoms with Crippen LogP contribution in [-0.4, -0.2) is 66.1 Å². The molecule has 0 aliphatic carbocycles. The summed E-state index contributed by atoms with van der Waals surface area (Å²) < 4.78 is 14.4. The maximum absolute atomic E-state index is 14.4. The molecule has 0 bridgehead atoms. The molecule has 2 amide bonds. The lowest BCUT2D eigenvalue weighted by Crippen LogP contribution is -2.52. The summed E-state index contributed by atoms with van der Waals surface area (Å²) in [6.45, 7) is 8.90. The van der Waals surface area contributed by atoms with Gasteiger partial charge in [-0.1, -0.05) is 32.0 Å². The Morgan fingerprint density at radius 2 is 1.83 bits per heavy atom. The zero-order valence-corrected chi connectivity index (χ0v) is 18.7. The number of anilines is 1. The highest BCUT2D eigenvalue weighted by Gasteiger charge is 2.26. The summed E-state index contributed by atoms with van der Waals surface area (Å²) in [6, 6.07) is 6.89. The Bertz CT molecular complexity index is 893. The van der Waals surface area contributed by atoms with Gasteiger partial charge in [0.2, 0.25) is 0 Å². The lowest BCUT2D eigenvalue weighted by atomic mass is 10.0. The van der Waals surface area contributed by atoms with Gasteiger partial charge in [0.1, 0.15) is 17.5 Å². The molecule has 1 fully saturated rings. The molecule has 0 radical (unpaired) electrons.